The van der Waals surface area contributed by atoms with Gasteiger partial charge in [0.2, 0.25) is 10.0 Å². The van der Waals surface area contributed by atoms with Crippen LogP contribution in [0.2, 0.25) is 0 Å². The van der Waals surface area contributed by atoms with Gasteiger partial charge >= 0.3 is 5.97 Å². The number of nitrogens with zero attached hydrogens (tertiary/aromatic N) is 3. The molecule has 2 unspecified atom stereocenters. The molecule has 5 rings (SSSR count). The Labute approximate surface area is 250 Å². The van der Waals surface area contributed by atoms with Crippen LogP contribution < -0.4 is 19.7 Å². The average molecular weight is 606 g/mol. The first kappa shape index (κ1) is 29.1. The van der Waals surface area contributed by atoms with Crippen LogP contribution in [0.1, 0.15) is 50.7 Å². The Morgan fingerprint density at radius 2 is 1.86 bits per heavy atom. The molecule has 2 aromatic carbocycles. The number of carboxylic acid groups (broad SMARTS) is 1. The molecule has 3 N–H and O–H groups in total. The second-order valence-electron chi connectivity index (χ2n) is 10.2. The zero-order valence-corrected chi connectivity index (χ0v) is 25.4. The van der Waals surface area contributed by atoms with E-state index in [1.165, 1.54) is 7.11 Å². The Bertz CT molecular complexity index is 1800. The van der Waals surface area contributed by atoms with Crippen molar-refractivity contribution in [2.45, 2.75) is 32.9 Å². The Hall–Kier alpha value is -4.42. The van der Waals surface area contributed by atoms with Gasteiger partial charge in [0, 0.05) is 29.0 Å². The number of carboxylic acids is 1. The number of ether oxygens (including phenoxy) is 1. The van der Waals surface area contributed by atoms with E-state index in [4.69, 9.17) is 17.0 Å². The van der Waals surface area contributed by atoms with Gasteiger partial charge in [0.15, 0.2) is 5.11 Å². The number of pyridine rings is 1. The van der Waals surface area contributed by atoms with Crippen LogP contribution in [0.3, 0.4) is 0 Å². The van der Waals surface area contributed by atoms with E-state index in [0.717, 1.165) is 40.2 Å². The van der Waals surface area contributed by atoms with Crippen LogP contribution in [-0.2, 0) is 10.0 Å². The fourth-order valence-corrected chi connectivity index (χ4v) is 6.42. The topological polar surface area (TPSA) is 126 Å². The van der Waals surface area contributed by atoms with Crippen molar-refractivity contribution >= 4 is 44.7 Å². The molecule has 1 saturated heterocycles. The third-order valence-electron chi connectivity index (χ3n) is 7.34. The summed E-state index contributed by atoms with van der Waals surface area (Å²) in [5.41, 5.74) is 6.39. The molecule has 3 heterocycles. The zero-order valence-electron chi connectivity index (χ0n) is 23.7. The fraction of sp³-hybridized carbons (Fsp3) is 0.233. The molecule has 4 aromatic rings. The van der Waals surface area contributed by atoms with Gasteiger partial charge in [-0.1, -0.05) is 12.1 Å². The molecule has 1 aliphatic rings. The number of thiocarbonyl (C=S) groups is 1. The Balaban J connectivity index is 1.70. The van der Waals surface area contributed by atoms with Crippen LogP contribution in [-0.4, -0.2) is 47.5 Å². The largest absolute Gasteiger partial charge is 0.495 e. The highest BCUT2D eigenvalue weighted by molar-refractivity contribution is 7.92. The van der Waals surface area contributed by atoms with Crippen molar-refractivity contribution in [3.05, 3.63) is 101 Å². The summed E-state index contributed by atoms with van der Waals surface area (Å²) in [6.45, 7) is 5.92. The van der Waals surface area contributed by atoms with Gasteiger partial charge in [0.1, 0.15) is 5.75 Å². The minimum absolute atomic E-state index is 0.200. The van der Waals surface area contributed by atoms with E-state index in [1.807, 2.05) is 49.9 Å². The number of rotatable bonds is 8. The van der Waals surface area contributed by atoms with Gasteiger partial charge < -0.3 is 24.6 Å². The van der Waals surface area contributed by atoms with Crippen molar-refractivity contribution < 1.29 is 23.1 Å². The smallest absolute Gasteiger partial charge is 0.335 e. The maximum absolute atomic E-state index is 12.1. The number of methoxy groups -OCH3 is 1. The van der Waals surface area contributed by atoms with Crippen molar-refractivity contribution in [3.8, 4) is 11.4 Å². The first-order valence-electron chi connectivity index (χ1n) is 13.1. The van der Waals surface area contributed by atoms with Crippen LogP contribution in [0.4, 0.5) is 11.4 Å². The average Bonchev–Trinajstić information content (AvgIpc) is 3.43. The van der Waals surface area contributed by atoms with E-state index in [9.17, 15) is 18.3 Å². The van der Waals surface area contributed by atoms with Gasteiger partial charge in [0.25, 0.3) is 0 Å². The normalized spacial score (nSPS) is 16.8. The van der Waals surface area contributed by atoms with Gasteiger partial charge in [-0.05, 0) is 92.6 Å². The minimum Gasteiger partial charge on any atom is -0.495 e. The van der Waals surface area contributed by atoms with Crippen molar-refractivity contribution in [2.75, 3.05) is 23.0 Å². The van der Waals surface area contributed by atoms with E-state index in [2.05, 4.69) is 25.7 Å². The number of anilines is 2. The highest BCUT2D eigenvalue weighted by atomic mass is 32.2. The SMILES string of the molecule is COc1ccc(N2C(=S)NC(c3ccccn3)C2c2cc(C)n(-c3cc(C(=O)O)ccc3C)c2C)cc1NS(C)(=O)=O. The monoisotopic (exact) mass is 605 g/mol. The molecule has 42 heavy (non-hydrogen) atoms. The Kier molecular flexibility index (Phi) is 7.69. The van der Waals surface area contributed by atoms with Gasteiger partial charge in [-0.3, -0.25) is 9.71 Å². The lowest BCUT2D eigenvalue weighted by atomic mass is 9.96. The Morgan fingerprint density at radius 1 is 1.10 bits per heavy atom. The summed E-state index contributed by atoms with van der Waals surface area (Å²) in [6, 6.07) is 17.3. The fourth-order valence-electron chi connectivity index (χ4n) is 5.52. The lowest BCUT2D eigenvalue weighted by Gasteiger charge is -2.29. The maximum atomic E-state index is 12.1. The van der Waals surface area contributed by atoms with Gasteiger partial charge in [-0.15, -0.1) is 0 Å². The maximum Gasteiger partial charge on any atom is 0.335 e. The summed E-state index contributed by atoms with van der Waals surface area (Å²) >= 11 is 5.88. The standard InChI is InChI=1S/C30H31N5O5S2/c1-17-9-10-20(29(36)37)15-25(17)34-18(2)14-22(19(34)3)28-27(23-8-6-7-13-31-23)32-30(41)35(28)21-11-12-26(40-4)24(16-21)33-42(5,38)39/h6-16,27-28,33H,1-5H3,(H,32,41)(H,36,37). The summed E-state index contributed by atoms with van der Waals surface area (Å²) in [7, 11) is -2.12. The first-order valence-corrected chi connectivity index (χ1v) is 15.4. The van der Waals surface area contributed by atoms with Crippen LogP contribution in [0.15, 0.2) is 66.9 Å². The number of benzene rings is 2. The molecule has 0 amide bonds. The quantitative estimate of drug-likeness (QED) is 0.237. The number of carbonyl (C=O) groups is 1. The summed E-state index contributed by atoms with van der Waals surface area (Å²) in [4.78, 5) is 18.4. The molecule has 218 valence electrons. The molecule has 0 radical (unpaired) electrons. The van der Waals surface area contributed by atoms with Gasteiger partial charge in [0.05, 0.1) is 42.4 Å². The molecule has 0 aliphatic carbocycles. The molecule has 0 spiro atoms. The molecule has 1 fully saturated rings. The van der Waals surface area contributed by atoms with E-state index < -0.39 is 16.0 Å². The summed E-state index contributed by atoms with van der Waals surface area (Å²) < 4.78 is 34.3. The van der Waals surface area contributed by atoms with Gasteiger partial charge in [-0.25, -0.2) is 13.2 Å². The van der Waals surface area contributed by atoms with Crippen molar-refractivity contribution in [3.63, 3.8) is 0 Å². The second-order valence-corrected chi connectivity index (χ2v) is 12.4. The van der Waals surface area contributed by atoms with Crippen LogP contribution >= 0.6 is 12.2 Å². The number of aromatic nitrogens is 2. The number of hydrogen-bond acceptors (Lipinski definition) is 6. The Morgan fingerprint density at radius 3 is 2.50 bits per heavy atom. The highest BCUT2D eigenvalue weighted by Crippen LogP contribution is 2.45. The van der Waals surface area contributed by atoms with Crippen LogP contribution in [0.5, 0.6) is 5.75 Å². The predicted molar refractivity (Wildman–Crippen MR) is 166 cm³/mol. The highest BCUT2D eigenvalue weighted by Gasteiger charge is 2.42. The summed E-state index contributed by atoms with van der Waals surface area (Å²) in [5.74, 6) is -0.629. The van der Waals surface area contributed by atoms with Crippen molar-refractivity contribution in [1.82, 2.24) is 14.9 Å². The molecule has 0 saturated carbocycles. The van der Waals surface area contributed by atoms with Crippen molar-refractivity contribution in [1.29, 1.82) is 0 Å². The molecule has 1 aliphatic heterocycles. The lowest BCUT2D eigenvalue weighted by molar-refractivity contribution is 0.0696. The molecule has 2 atom stereocenters. The molecular weight excluding hydrogens is 574 g/mol. The zero-order chi connectivity index (χ0) is 30.3. The molecule has 2 aromatic heterocycles. The number of sulfonamides is 1. The van der Waals surface area contributed by atoms with E-state index >= 15 is 0 Å². The number of nitrogens with one attached hydrogen (secondary N) is 2. The molecular formula is C30H31N5O5S2. The minimum atomic E-state index is -3.59. The summed E-state index contributed by atoms with van der Waals surface area (Å²) in [6.07, 6.45) is 2.81. The summed E-state index contributed by atoms with van der Waals surface area (Å²) in [5, 5.41) is 13.5. The molecule has 12 heteroatoms. The number of aromatic carboxylic acids is 1. The second kappa shape index (κ2) is 11.1. The third-order valence-corrected chi connectivity index (χ3v) is 8.25. The molecule has 0 bridgehead atoms. The van der Waals surface area contributed by atoms with Crippen molar-refractivity contribution in [2.24, 2.45) is 0 Å². The van der Waals surface area contributed by atoms with E-state index in [0.29, 0.717) is 16.5 Å². The van der Waals surface area contributed by atoms with Crippen LogP contribution in [0, 0.1) is 20.8 Å². The molecule has 10 nitrogen and oxygen atoms in total. The third kappa shape index (κ3) is 5.42. The number of hydrogen-bond donors (Lipinski definition) is 3. The van der Waals surface area contributed by atoms with Crippen LogP contribution in [0.25, 0.3) is 5.69 Å². The lowest BCUT2D eigenvalue weighted by Crippen LogP contribution is -2.29. The van der Waals surface area contributed by atoms with E-state index in [1.54, 1.807) is 36.5 Å². The predicted octanol–water partition coefficient (Wildman–Crippen LogP) is 5.05. The van der Waals surface area contributed by atoms with Gasteiger partial charge in [-0.2, -0.15) is 0 Å². The first-order chi connectivity index (χ1) is 19.9. The number of aryl methyl sites for hydroxylation is 2. The van der Waals surface area contributed by atoms with E-state index in [-0.39, 0.29) is 23.3 Å².